The number of nitrogens with two attached hydrogens (primary N) is 1. The Balaban J connectivity index is 1.72. The lowest BCUT2D eigenvalue weighted by Crippen LogP contribution is -2.40. The molecule has 3 aromatic heterocycles. The number of morpholine rings is 1. The second-order valence-corrected chi connectivity index (χ2v) is 6.98. The van der Waals surface area contributed by atoms with Gasteiger partial charge in [-0.1, -0.05) is 0 Å². The SMILES string of the molecule is Cc1ccc(-c2nc3cc(C(=O)N4CCOCC4)cc(N)n3n2)s1. The van der Waals surface area contributed by atoms with Crippen LogP contribution in [0.1, 0.15) is 15.2 Å². The molecule has 0 aromatic carbocycles. The first-order chi connectivity index (χ1) is 11.6. The molecule has 0 bridgehead atoms. The van der Waals surface area contributed by atoms with E-state index in [2.05, 4.69) is 10.1 Å². The Morgan fingerprint density at radius 1 is 1.29 bits per heavy atom. The van der Waals surface area contributed by atoms with Gasteiger partial charge in [0.25, 0.3) is 5.91 Å². The monoisotopic (exact) mass is 343 g/mol. The van der Waals surface area contributed by atoms with Gasteiger partial charge in [-0.3, -0.25) is 4.79 Å². The highest BCUT2D eigenvalue weighted by Crippen LogP contribution is 2.26. The van der Waals surface area contributed by atoms with Crippen molar-refractivity contribution < 1.29 is 9.53 Å². The molecule has 1 aliphatic heterocycles. The van der Waals surface area contributed by atoms with Crippen LogP contribution in [-0.2, 0) is 4.74 Å². The predicted octanol–water partition coefficient (Wildman–Crippen LogP) is 1.82. The number of rotatable bonds is 2. The summed E-state index contributed by atoms with van der Waals surface area (Å²) < 4.78 is 6.86. The smallest absolute Gasteiger partial charge is 0.254 e. The molecule has 8 heteroatoms. The van der Waals surface area contributed by atoms with Gasteiger partial charge in [0.2, 0.25) is 0 Å². The Labute approximate surface area is 142 Å². The number of nitrogen functional groups attached to an aromatic ring is 1. The van der Waals surface area contributed by atoms with Crippen molar-refractivity contribution in [2.24, 2.45) is 0 Å². The number of hydrogen-bond donors (Lipinski definition) is 1. The number of carbonyl (C=O) groups excluding carboxylic acids is 1. The van der Waals surface area contributed by atoms with Gasteiger partial charge in [-0.15, -0.1) is 16.4 Å². The molecular formula is C16H17N5O2S. The van der Waals surface area contributed by atoms with Crippen molar-refractivity contribution >= 4 is 28.7 Å². The van der Waals surface area contributed by atoms with Gasteiger partial charge in [-0.25, -0.2) is 4.98 Å². The highest BCUT2D eigenvalue weighted by atomic mass is 32.1. The molecule has 124 valence electrons. The van der Waals surface area contributed by atoms with Crippen LogP contribution >= 0.6 is 11.3 Å². The van der Waals surface area contributed by atoms with Crippen LogP contribution in [0.5, 0.6) is 0 Å². The number of ether oxygens (including phenoxy) is 1. The van der Waals surface area contributed by atoms with Crippen molar-refractivity contribution in [3.8, 4) is 10.7 Å². The fourth-order valence-electron chi connectivity index (χ4n) is 2.74. The van der Waals surface area contributed by atoms with Crippen LogP contribution in [0.25, 0.3) is 16.3 Å². The predicted molar refractivity (Wildman–Crippen MR) is 92.2 cm³/mol. The van der Waals surface area contributed by atoms with Crippen molar-refractivity contribution in [3.05, 3.63) is 34.7 Å². The van der Waals surface area contributed by atoms with Crippen LogP contribution < -0.4 is 5.73 Å². The lowest BCUT2D eigenvalue weighted by Gasteiger charge is -2.26. The minimum absolute atomic E-state index is 0.0518. The average molecular weight is 343 g/mol. The highest BCUT2D eigenvalue weighted by molar-refractivity contribution is 7.15. The largest absolute Gasteiger partial charge is 0.384 e. The summed E-state index contributed by atoms with van der Waals surface area (Å²) in [5, 5.41) is 4.45. The first-order valence-electron chi connectivity index (χ1n) is 7.72. The molecule has 4 heterocycles. The maximum absolute atomic E-state index is 12.6. The van der Waals surface area contributed by atoms with E-state index in [-0.39, 0.29) is 5.91 Å². The van der Waals surface area contributed by atoms with Crippen molar-refractivity contribution in [2.45, 2.75) is 6.92 Å². The fraction of sp³-hybridized carbons (Fsp3) is 0.312. The maximum atomic E-state index is 12.6. The summed E-state index contributed by atoms with van der Waals surface area (Å²) in [4.78, 5) is 21.1. The van der Waals surface area contributed by atoms with Crippen molar-refractivity contribution in [3.63, 3.8) is 0 Å². The van der Waals surface area contributed by atoms with Crippen molar-refractivity contribution in [1.82, 2.24) is 19.5 Å². The molecule has 0 unspecified atom stereocenters. The number of hydrogen-bond acceptors (Lipinski definition) is 6. The van der Waals surface area contributed by atoms with E-state index in [1.807, 2.05) is 19.1 Å². The molecular weight excluding hydrogens is 326 g/mol. The van der Waals surface area contributed by atoms with Gasteiger partial charge < -0.3 is 15.4 Å². The zero-order valence-corrected chi connectivity index (χ0v) is 14.0. The Morgan fingerprint density at radius 2 is 2.08 bits per heavy atom. The van der Waals surface area contributed by atoms with E-state index in [4.69, 9.17) is 10.5 Å². The molecule has 4 rings (SSSR count). The standard InChI is InChI=1S/C16H17N5O2S/c1-10-2-3-12(24-10)15-18-14-9-11(8-13(17)21(14)19-15)16(22)20-4-6-23-7-5-20/h2-3,8-9H,4-7,17H2,1H3. The van der Waals surface area contributed by atoms with Crippen LogP contribution in [0.15, 0.2) is 24.3 Å². The number of amides is 1. The third-order valence-corrected chi connectivity index (χ3v) is 4.97. The van der Waals surface area contributed by atoms with Gasteiger partial charge in [0.05, 0.1) is 18.1 Å². The molecule has 1 saturated heterocycles. The number of carbonyl (C=O) groups is 1. The molecule has 0 radical (unpaired) electrons. The summed E-state index contributed by atoms with van der Waals surface area (Å²) in [6.45, 7) is 4.36. The van der Waals surface area contributed by atoms with Crippen molar-refractivity contribution in [2.75, 3.05) is 32.0 Å². The van der Waals surface area contributed by atoms with E-state index in [0.717, 1.165) is 4.88 Å². The summed E-state index contributed by atoms with van der Waals surface area (Å²) in [6.07, 6.45) is 0. The van der Waals surface area contributed by atoms with E-state index in [1.54, 1.807) is 32.9 Å². The number of anilines is 1. The molecule has 0 spiro atoms. The number of aryl methyl sites for hydroxylation is 1. The molecule has 0 atom stereocenters. The Hall–Kier alpha value is -2.45. The number of nitrogens with zero attached hydrogens (tertiary/aromatic N) is 4. The van der Waals surface area contributed by atoms with Gasteiger partial charge in [-0.2, -0.15) is 4.52 Å². The summed E-state index contributed by atoms with van der Waals surface area (Å²) in [5.74, 6) is 0.968. The van der Waals surface area contributed by atoms with Crippen LogP contribution in [-0.4, -0.2) is 51.7 Å². The molecule has 7 nitrogen and oxygen atoms in total. The molecule has 1 amide bonds. The van der Waals surface area contributed by atoms with Crippen LogP contribution in [0.4, 0.5) is 5.82 Å². The van der Waals surface area contributed by atoms with Crippen LogP contribution in [0.3, 0.4) is 0 Å². The first-order valence-corrected chi connectivity index (χ1v) is 8.53. The van der Waals surface area contributed by atoms with E-state index in [1.165, 1.54) is 4.88 Å². The number of pyridine rings is 1. The maximum Gasteiger partial charge on any atom is 0.254 e. The minimum Gasteiger partial charge on any atom is -0.384 e. The summed E-state index contributed by atoms with van der Waals surface area (Å²) >= 11 is 1.63. The van der Waals surface area contributed by atoms with Crippen molar-refractivity contribution in [1.29, 1.82) is 0 Å². The molecule has 0 aliphatic carbocycles. The minimum atomic E-state index is -0.0518. The highest BCUT2D eigenvalue weighted by Gasteiger charge is 2.20. The van der Waals surface area contributed by atoms with Gasteiger partial charge in [0.1, 0.15) is 5.82 Å². The lowest BCUT2D eigenvalue weighted by atomic mass is 10.2. The quantitative estimate of drug-likeness (QED) is 0.767. The second-order valence-electron chi connectivity index (χ2n) is 5.69. The molecule has 1 aliphatic rings. The fourth-order valence-corrected chi connectivity index (χ4v) is 3.54. The molecule has 0 saturated carbocycles. The Morgan fingerprint density at radius 3 is 2.79 bits per heavy atom. The zero-order valence-electron chi connectivity index (χ0n) is 13.2. The van der Waals surface area contributed by atoms with E-state index in [9.17, 15) is 4.79 Å². The lowest BCUT2D eigenvalue weighted by molar-refractivity contribution is 0.0303. The third kappa shape index (κ3) is 2.63. The van der Waals surface area contributed by atoms with Gasteiger partial charge in [0, 0.05) is 23.5 Å². The number of aromatic nitrogens is 3. The molecule has 1 fully saturated rings. The molecule has 2 N–H and O–H groups in total. The normalized spacial score (nSPS) is 15.1. The van der Waals surface area contributed by atoms with Gasteiger partial charge in [-0.05, 0) is 31.2 Å². The molecule has 24 heavy (non-hydrogen) atoms. The van der Waals surface area contributed by atoms with Gasteiger partial charge >= 0.3 is 0 Å². The Kier molecular flexibility index (Phi) is 3.70. The third-order valence-electron chi connectivity index (χ3n) is 3.97. The topological polar surface area (TPSA) is 85.8 Å². The van der Waals surface area contributed by atoms with E-state index in [0.29, 0.717) is 49.2 Å². The summed E-state index contributed by atoms with van der Waals surface area (Å²) in [7, 11) is 0. The first kappa shape index (κ1) is 15.1. The van der Waals surface area contributed by atoms with Crippen LogP contribution in [0.2, 0.25) is 0 Å². The number of fused-ring (bicyclic) bond motifs is 1. The summed E-state index contributed by atoms with van der Waals surface area (Å²) in [6, 6.07) is 7.42. The molecule has 3 aromatic rings. The van der Waals surface area contributed by atoms with E-state index >= 15 is 0 Å². The van der Waals surface area contributed by atoms with Crippen LogP contribution in [0, 0.1) is 6.92 Å². The average Bonchev–Trinajstić information content (AvgIpc) is 3.21. The second kappa shape index (κ2) is 5.88. The summed E-state index contributed by atoms with van der Waals surface area (Å²) in [5.41, 5.74) is 7.20. The zero-order chi connectivity index (χ0) is 16.7. The Bertz CT molecular complexity index is 910. The van der Waals surface area contributed by atoms with Gasteiger partial charge in [0.15, 0.2) is 11.5 Å². The van der Waals surface area contributed by atoms with E-state index < -0.39 is 0 Å². The number of thiophene rings is 1.